The van der Waals surface area contributed by atoms with Gasteiger partial charge in [0.2, 0.25) is 0 Å². The van der Waals surface area contributed by atoms with E-state index in [0.29, 0.717) is 6.54 Å². The molecule has 0 bridgehead atoms. The van der Waals surface area contributed by atoms with Gasteiger partial charge in [0, 0.05) is 51.4 Å². The lowest BCUT2D eigenvalue weighted by Gasteiger charge is -2.32. The third-order valence-electron chi connectivity index (χ3n) is 3.85. The smallest absolute Gasteiger partial charge is 0.251 e. The summed E-state index contributed by atoms with van der Waals surface area (Å²) in [7, 11) is 4.04. The van der Waals surface area contributed by atoms with Crippen molar-refractivity contribution < 1.29 is 4.79 Å². The zero-order chi connectivity index (χ0) is 15.1. The topological polar surface area (TPSA) is 47.6 Å². The summed E-state index contributed by atoms with van der Waals surface area (Å²) >= 11 is 0. The molecule has 1 aliphatic rings. The average Bonchev–Trinajstić information content (AvgIpc) is 2.50. The number of carbonyl (C=O) groups is 1. The fourth-order valence-electron chi connectivity index (χ4n) is 2.48. The van der Waals surface area contributed by atoms with E-state index in [1.165, 1.54) is 5.56 Å². The van der Waals surface area contributed by atoms with Crippen LogP contribution in [0.25, 0.3) is 0 Å². The number of hydrogen-bond donors (Lipinski definition) is 2. The molecule has 1 heterocycles. The second kappa shape index (κ2) is 8.12. The van der Waals surface area contributed by atoms with Gasteiger partial charge in [0.15, 0.2) is 0 Å². The van der Waals surface area contributed by atoms with Gasteiger partial charge in [-0.15, -0.1) is 0 Å². The molecule has 1 aromatic carbocycles. The predicted molar refractivity (Wildman–Crippen MR) is 85.5 cm³/mol. The van der Waals surface area contributed by atoms with Gasteiger partial charge < -0.3 is 15.5 Å². The van der Waals surface area contributed by atoms with Gasteiger partial charge in [-0.3, -0.25) is 9.69 Å². The van der Waals surface area contributed by atoms with E-state index in [0.717, 1.165) is 44.8 Å². The monoisotopic (exact) mass is 290 g/mol. The summed E-state index contributed by atoms with van der Waals surface area (Å²) in [6.07, 6.45) is 0. The molecule has 0 radical (unpaired) electrons. The number of likely N-dealkylation sites (N-methyl/N-ethyl adjacent to an activating group) is 2. The van der Waals surface area contributed by atoms with E-state index in [4.69, 9.17) is 0 Å². The largest absolute Gasteiger partial charge is 0.351 e. The van der Waals surface area contributed by atoms with Crippen molar-refractivity contribution in [2.24, 2.45) is 0 Å². The van der Waals surface area contributed by atoms with Crippen LogP contribution in [0.15, 0.2) is 24.3 Å². The molecule has 1 aromatic rings. The average molecular weight is 290 g/mol. The summed E-state index contributed by atoms with van der Waals surface area (Å²) in [5.74, 6) is 0.00507. The Morgan fingerprint density at radius 2 is 1.95 bits per heavy atom. The molecule has 0 aromatic heterocycles. The van der Waals surface area contributed by atoms with Crippen LogP contribution in [0.4, 0.5) is 0 Å². The van der Waals surface area contributed by atoms with Crippen LogP contribution in [0.2, 0.25) is 0 Å². The Labute approximate surface area is 127 Å². The molecule has 1 fully saturated rings. The van der Waals surface area contributed by atoms with Crippen molar-refractivity contribution in [3.05, 3.63) is 35.4 Å². The maximum absolute atomic E-state index is 12.0. The highest BCUT2D eigenvalue weighted by atomic mass is 16.1. The minimum Gasteiger partial charge on any atom is -0.351 e. The van der Waals surface area contributed by atoms with Crippen LogP contribution >= 0.6 is 0 Å². The van der Waals surface area contributed by atoms with E-state index in [-0.39, 0.29) is 5.91 Å². The van der Waals surface area contributed by atoms with Gasteiger partial charge >= 0.3 is 0 Å². The minimum atomic E-state index is 0.00507. The quantitative estimate of drug-likeness (QED) is 0.744. The molecular formula is C16H26N4O. The number of benzene rings is 1. The molecule has 5 heteroatoms. The second-order valence-corrected chi connectivity index (χ2v) is 5.64. The Morgan fingerprint density at radius 1 is 1.19 bits per heavy atom. The molecule has 0 unspecified atom stereocenters. The molecule has 0 saturated carbocycles. The Morgan fingerprint density at radius 3 is 2.67 bits per heavy atom. The Hall–Kier alpha value is -1.43. The summed E-state index contributed by atoms with van der Waals surface area (Å²) < 4.78 is 0. The van der Waals surface area contributed by atoms with E-state index < -0.39 is 0 Å². The number of carbonyl (C=O) groups excluding carboxylic acids is 1. The van der Waals surface area contributed by atoms with E-state index >= 15 is 0 Å². The number of hydrogen-bond acceptors (Lipinski definition) is 4. The number of amides is 1. The van der Waals surface area contributed by atoms with Crippen LogP contribution < -0.4 is 10.6 Å². The molecule has 116 valence electrons. The molecule has 2 N–H and O–H groups in total. The number of rotatable bonds is 6. The normalized spacial score (nSPS) is 16.9. The fourth-order valence-corrected chi connectivity index (χ4v) is 2.48. The van der Waals surface area contributed by atoms with Crippen molar-refractivity contribution in [3.8, 4) is 0 Å². The van der Waals surface area contributed by atoms with Crippen LogP contribution in [0.5, 0.6) is 0 Å². The van der Waals surface area contributed by atoms with Crippen LogP contribution in [0, 0.1) is 0 Å². The van der Waals surface area contributed by atoms with Crippen molar-refractivity contribution in [1.82, 2.24) is 20.4 Å². The van der Waals surface area contributed by atoms with E-state index in [1.54, 1.807) is 0 Å². The van der Waals surface area contributed by atoms with E-state index in [2.05, 4.69) is 33.5 Å². The van der Waals surface area contributed by atoms with Crippen molar-refractivity contribution in [1.29, 1.82) is 0 Å². The molecule has 1 amide bonds. The molecule has 5 nitrogen and oxygen atoms in total. The van der Waals surface area contributed by atoms with E-state index in [1.807, 2.05) is 25.2 Å². The highest BCUT2D eigenvalue weighted by Gasteiger charge is 2.14. The van der Waals surface area contributed by atoms with Crippen LogP contribution in [-0.2, 0) is 6.54 Å². The van der Waals surface area contributed by atoms with Gasteiger partial charge in [-0.1, -0.05) is 12.1 Å². The lowest BCUT2D eigenvalue weighted by atomic mass is 10.1. The van der Waals surface area contributed by atoms with Gasteiger partial charge in [0.1, 0.15) is 0 Å². The molecule has 2 rings (SSSR count). The molecule has 0 spiro atoms. The Kier molecular flexibility index (Phi) is 6.17. The number of piperazine rings is 1. The summed E-state index contributed by atoms with van der Waals surface area (Å²) in [4.78, 5) is 16.8. The van der Waals surface area contributed by atoms with Gasteiger partial charge in [0.25, 0.3) is 5.91 Å². The summed E-state index contributed by atoms with van der Waals surface area (Å²) in [6.45, 7) is 6.77. The molecule has 1 saturated heterocycles. The number of nitrogens with zero attached hydrogens (tertiary/aromatic N) is 2. The Balaban J connectivity index is 1.89. The third-order valence-corrected chi connectivity index (χ3v) is 3.85. The molecule has 21 heavy (non-hydrogen) atoms. The minimum absolute atomic E-state index is 0.00507. The molecule has 0 atom stereocenters. The summed E-state index contributed by atoms with van der Waals surface area (Å²) in [5, 5.41) is 5.93. The summed E-state index contributed by atoms with van der Waals surface area (Å²) in [6, 6.07) is 7.95. The SMILES string of the molecule is CNCCNC(=O)c1cccc(CN2CCN(C)CC2)c1. The standard InChI is InChI=1S/C16H26N4O/c1-17-6-7-18-16(21)15-5-3-4-14(12-15)13-20-10-8-19(2)9-11-20/h3-5,12,17H,6-11,13H2,1-2H3,(H,18,21). The fraction of sp³-hybridized carbons (Fsp3) is 0.562. The van der Waals surface area contributed by atoms with Crippen molar-refractivity contribution in [3.63, 3.8) is 0 Å². The first kappa shape index (κ1) is 15.9. The van der Waals surface area contributed by atoms with Crippen LogP contribution in [0.1, 0.15) is 15.9 Å². The van der Waals surface area contributed by atoms with Crippen LogP contribution in [-0.4, -0.2) is 69.1 Å². The van der Waals surface area contributed by atoms with Crippen molar-refractivity contribution >= 4 is 5.91 Å². The maximum atomic E-state index is 12.0. The molecule has 1 aliphatic heterocycles. The van der Waals surface area contributed by atoms with Gasteiger partial charge in [0.05, 0.1) is 0 Å². The number of nitrogens with one attached hydrogen (secondary N) is 2. The second-order valence-electron chi connectivity index (χ2n) is 5.64. The van der Waals surface area contributed by atoms with Crippen molar-refractivity contribution in [2.45, 2.75) is 6.54 Å². The molecular weight excluding hydrogens is 264 g/mol. The lowest BCUT2D eigenvalue weighted by Crippen LogP contribution is -2.43. The lowest BCUT2D eigenvalue weighted by molar-refractivity contribution is 0.0954. The van der Waals surface area contributed by atoms with Crippen molar-refractivity contribution in [2.75, 3.05) is 53.4 Å². The maximum Gasteiger partial charge on any atom is 0.251 e. The summed E-state index contributed by atoms with van der Waals surface area (Å²) in [5.41, 5.74) is 1.96. The highest BCUT2D eigenvalue weighted by Crippen LogP contribution is 2.10. The van der Waals surface area contributed by atoms with Gasteiger partial charge in [-0.2, -0.15) is 0 Å². The zero-order valence-electron chi connectivity index (χ0n) is 13.1. The van der Waals surface area contributed by atoms with Gasteiger partial charge in [-0.05, 0) is 31.8 Å². The molecule has 0 aliphatic carbocycles. The predicted octanol–water partition coefficient (Wildman–Crippen LogP) is 0.383. The van der Waals surface area contributed by atoms with Gasteiger partial charge in [-0.25, -0.2) is 0 Å². The first-order valence-corrected chi connectivity index (χ1v) is 7.61. The third kappa shape index (κ3) is 5.12. The van der Waals surface area contributed by atoms with E-state index in [9.17, 15) is 4.79 Å². The first-order chi connectivity index (χ1) is 10.2. The van der Waals surface area contributed by atoms with Crippen LogP contribution in [0.3, 0.4) is 0 Å². The highest BCUT2D eigenvalue weighted by molar-refractivity contribution is 5.94. The first-order valence-electron chi connectivity index (χ1n) is 7.61. The zero-order valence-corrected chi connectivity index (χ0v) is 13.1. The Bertz CT molecular complexity index is 455.